The predicted molar refractivity (Wildman–Crippen MR) is 113 cm³/mol. The molecular formula is C23H24F2N2O4. The molecule has 0 atom stereocenters. The van der Waals surface area contributed by atoms with Crippen molar-refractivity contribution in [1.29, 1.82) is 0 Å². The lowest BCUT2D eigenvalue weighted by Crippen LogP contribution is -2.34. The topological polar surface area (TPSA) is 71.6 Å². The molecule has 3 aromatic rings. The highest BCUT2D eigenvalue weighted by Crippen LogP contribution is 2.29. The number of halogens is 2. The molecule has 0 aliphatic carbocycles. The number of carbonyl (C=O) groups is 2. The number of nitrogens with zero attached hydrogens (tertiary/aromatic N) is 1. The Morgan fingerprint density at radius 3 is 2.42 bits per heavy atom. The van der Waals surface area contributed by atoms with E-state index in [1.807, 2.05) is 0 Å². The van der Waals surface area contributed by atoms with E-state index < -0.39 is 29.3 Å². The first-order valence-electron chi connectivity index (χ1n) is 9.62. The van der Waals surface area contributed by atoms with E-state index in [1.54, 1.807) is 39.0 Å². The minimum Gasteiger partial charge on any atom is -0.465 e. The van der Waals surface area contributed by atoms with Gasteiger partial charge in [-0.1, -0.05) is 12.1 Å². The molecule has 0 radical (unpaired) electrons. The monoisotopic (exact) mass is 430 g/mol. The maximum Gasteiger partial charge on any atom is 0.410 e. The molecule has 31 heavy (non-hydrogen) atoms. The van der Waals surface area contributed by atoms with Crippen molar-refractivity contribution in [2.24, 2.45) is 0 Å². The van der Waals surface area contributed by atoms with Gasteiger partial charge in [-0.15, -0.1) is 0 Å². The summed E-state index contributed by atoms with van der Waals surface area (Å²) in [5.74, 6) is -1.76. The summed E-state index contributed by atoms with van der Waals surface area (Å²) in [6.07, 6.45) is -0.552. The summed E-state index contributed by atoms with van der Waals surface area (Å²) >= 11 is 0. The van der Waals surface area contributed by atoms with E-state index in [0.29, 0.717) is 27.7 Å². The van der Waals surface area contributed by atoms with E-state index >= 15 is 0 Å². The van der Waals surface area contributed by atoms with Crippen LogP contribution in [-0.2, 0) is 16.0 Å². The van der Waals surface area contributed by atoms with Crippen molar-refractivity contribution in [3.63, 3.8) is 0 Å². The molecule has 1 amide bonds. The number of H-pyrrole nitrogens is 1. The number of rotatable bonds is 4. The third-order valence-corrected chi connectivity index (χ3v) is 4.58. The molecule has 164 valence electrons. The standard InChI is InChI=1S/C23H24F2N2O4/c1-23(2,3)31-22(29)27(4)12-14-7-6-13(8-18(14)25)19-11-16-17(21(28)30-5)9-15(24)10-20(16)26-19/h6-11,26H,12H2,1-5H3. The highest BCUT2D eigenvalue weighted by molar-refractivity contribution is 6.05. The van der Waals surface area contributed by atoms with Gasteiger partial charge in [0.1, 0.15) is 17.2 Å². The van der Waals surface area contributed by atoms with Gasteiger partial charge in [-0.2, -0.15) is 0 Å². The van der Waals surface area contributed by atoms with E-state index in [4.69, 9.17) is 9.47 Å². The summed E-state index contributed by atoms with van der Waals surface area (Å²) in [4.78, 5) is 28.4. The molecule has 0 fully saturated rings. The van der Waals surface area contributed by atoms with E-state index in [0.717, 1.165) is 6.07 Å². The number of esters is 1. The number of methoxy groups -OCH3 is 1. The zero-order valence-corrected chi connectivity index (χ0v) is 18.0. The van der Waals surface area contributed by atoms with E-state index in [9.17, 15) is 18.4 Å². The SMILES string of the molecule is COC(=O)c1cc(F)cc2[nH]c(-c3ccc(CN(C)C(=O)OC(C)(C)C)c(F)c3)cc12. The van der Waals surface area contributed by atoms with Crippen molar-refractivity contribution in [3.05, 3.63) is 59.2 Å². The van der Waals surface area contributed by atoms with Gasteiger partial charge in [-0.05, 0) is 45.0 Å². The van der Waals surface area contributed by atoms with Crippen LogP contribution in [0, 0.1) is 11.6 Å². The number of ether oxygens (including phenoxy) is 2. The van der Waals surface area contributed by atoms with Crippen LogP contribution in [0.15, 0.2) is 36.4 Å². The third-order valence-electron chi connectivity index (χ3n) is 4.58. The van der Waals surface area contributed by atoms with Gasteiger partial charge in [-0.25, -0.2) is 18.4 Å². The fourth-order valence-electron chi connectivity index (χ4n) is 3.14. The smallest absolute Gasteiger partial charge is 0.410 e. The Labute approximate surface area is 178 Å². The Morgan fingerprint density at radius 2 is 1.81 bits per heavy atom. The lowest BCUT2D eigenvalue weighted by molar-refractivity contribution is 0.0283. The van der Waals surface area contributed by atoms with E-state index in [1.165, 1.54) is 31.2 Å². The van der Waals surface area contributed by atoms with Gasteiger partial charge in [0.15, 0.2) is 0 Å². The third kappa shape index (κ3) is 5.02. The summed E-state index contributed by atoms with van der Waals surface area (Å²) < 4.78 is 38.6. The fraction of sp³-hybridized carbons (Fsp3) is 0.304. The molecule has 0 aliphatic rings. The summed E-state index contributed by atoms with van der Waals surface area (Å²) in [6.45, 7) is 5.30. The van der Waals surface area contributed by atoms with Crippen molar-refractivity contribution < 1.29 is 27.8 Å². The maximum atomic E-state index is 14.8. The normalized spacial score (nSPS) is 11.5. The second-order valence-corrected chi connectivity index (χ2v) is 8.23. The molecule has 0 unspecified atom stereocenters. The predicted octanol–water partition coefficient (Wildman–Crippen LogP) is 5.27. The van der Waals surface area contributed by atoms with E-state index in [-0.39, 0.29) is 12.1 Å². The maximum absolute atomic E-state index is 14.8. The first-order chi connectivity index (χ1) is 14.5. The molecule has 1 aromatic heterocycles. The van der Waals surface area contributed by atoms with Crippen molar-refractivity contribution in [1.82, 2.24) is 9.88 Å². The van der Waals surface area contributed by atoms with Crippen LogP contribution in [0.5, 0.6) is 0 Å². The van der Waals surface area contributed by atoms with Crippen molar-refractivity contribution in [2.75, 3.05) is 14.2 Å². The summed E-state index contributed by atoms with van der Waals surface area (Å²) in [5, 5.41) is 0.470. The van der Waals surface area contributed by atoms with Crippen LogP contribution in [0.3, 0.4) is 0 Å². The van der Waals surface area contributed by atoms with Crippen LogP contribution >= 0.6 is 0 Å². The minimum atomic E-state index is -0.665. The first kappa shape index (κ1) is 22.3. The number of hydrogen-bond acceptors (Lipinski definition) is 4. The Bertz CT molecular complexity index is 1150. The number of nitrogens with one attached hydrogen (secondary N) is 1. The summed E-state index contributed by atoms with van der Waals surface area (Å²) in [6, 6.07) is 8.56. The molecule has 0 saturated carbocycles. The largest absolute Gasteiger partial charge is 0.465 e. The van der Waals surface area contributed by atoms with Gasteiger partial charge >= 0.3 is 12.1 Å². The van der Waals surface area contributed by atoms with Crippen LogP contribution in [0.4, 0.5) is 13.6 Å². The highest BCUT2D eigenvalue weighted by atomic mass is 19.1. The Morgan fingerprint density at radius 1 is 1.10 bits per heavy atom. The number of aromatic nitrogens is 1. The van der Waals surface area contributed by atoms with Crippen LogP contribution in [0.2, 0.25) is 0 Å². The number of aromatic amines is 1. The molecule has 1 N–H and O–H groups in total. The average molecular weight is 430 g/mol. The Balaban J connectivity index is 1.88. The zero-order chi connectivity index (χ0) is 22.9. The van der Waals surface area contributed by atoms with E-state index in [2.05, 4.69) is 4.98 Å². The highest BCUT2D eigenvalue weighted by Gasteiger charge is 2.21. The molecule has 1 heterocycles. The lowest BCUT2D eigenvalue weighted by atomic mass is 10.1. The van der Waals surface area contributed by atoms with Gasteiger partial charge < -0.3 is 19.4 Å². The minimum absolute atomic E-state index is 0.0332. The van der Waals surface area contributed by atoms with Crippen LogP contribution in [0.25, 0.3) is 22.2 Å². The van der Waals surface area contributed by atoms with Crippen LogP contribution < -0.4 is 0 Å². The molecule has 2 aromatic carbocycles. The molecular weight excluding hydrogens is 406 g/mol. The van der Waals surface area contributed by atoms with Gasteiger partial charge in [0.2, 0.25) is 0 Å². The summed E-state index contributed by atoms with van der Waals surface area (Å²) in [7, 11) is 2.75. The van der Waals surface area contributed by atoms with Gasteiger partial charge in [0, 0.05) is 34.8 Å². The first-order valence-corrected chi connectivity index (χ1v) is 9.62. The van der Waals surface area contributed by atoms with Crippen molar-refractivity contribution in [3.8, 4) is 11.3 Å². The molecule has 0 bridgehead atoms. The van der Waals surface area contributed by atoms with Gasteiger partial charge in [0.05, 0.1) is 19.2 Å². The number of fused-ring (bicyclic) bond motifs is 1. The Hall–Kier alpha value is -3.42. The molecule has 3 rings (SSSR count). The molecule has 8 heteroatoms. The fourth-order valence-corrected chi connectivity index (χ4v) is 3.14. The van der Waals surface area contributed by atoms with Gasteiger partial charge in [-0.3, -0.25) is 0 Å². The lowest BCUT2D eigenvalue weighted by Gasteiger charge is -2.24. The van der Waals surface area contributed by atoms with Gasteiger partial charge in [0.25, 0.3) is 0 Å². The van der Waals surface area contributed by atoms with Crippen molar-refractivity contribution >= 4 is 23.0 Å². The van der Waals surface area contributed by atoms with Crippen LogP contribution in [-0.4, -0.2) is 41.7 Å². The number of hydrogen-bond donors (Lipinski definition) is 1. The molecule has 0 aliphatic heterocycles. The number of amides is 1. The quantitative estimate of drug-likeness (QED) is 0.573. The van der Waals surface area contributed by atoms with Crippen molar-refractivity contribution in [2.45, 2.75) is 32.9 Å². The second kappa shape index (κ2) is 8.37. The number of carbonyl (C=O) groups excluding carboxylic acids is 2. The molecule has 0 spiro atoms. The second-order valence-electron chi connectivity index (χ2n) is 8.23. The average Bonchev–Trinajstić information content (AvgIpc) is 3.10. The Kier molecular flexibility index (Phi) is 6.01. The summed E-state index contributed by atoms with van der Waals surface area (Å²) in [5.41, 5.74) is 1.16. The molecule has 6 nitrogen and oxygen atoms in total. The van der Waals surface area contributed by atoms with Crippen LogP contribution in [0.1, 0.15) is 36.7 Å². The zero-order valence-electron chi connectivity index (χ0n) is 18.0. The molecule has 0 saturated heterocycles. The number of benzene rings is 2.